The monoisotopic (exact) mass is 445 g/mol. The molecule has 0 fully saturated rings. The first-order valence-corrected chi connectivity index (χ1v) is 10.5. The molecular formula is C24H23N5O2S. The Morgan fingerprint density at radius 1 is 0.938 bits per heavy atom. The van der Waals surface area contributed by atoms with Crippen LogP contribution in [0.4, 0.5) is 11.5 Å². The van der Waals surface area contributed by atoms with Crippen molar-refractivity contribution in [1.82, 2.24) is 15.0 Å². The number of thiocarbonyl (C=S) groups is 1. The third kappa shape index (κ3) is 4.76. The zero-order chi connectivity index (χ0) is 22.5. The number of aryl methyl sites for hydroxylation is 2. The molecule has 2 heterocycles. The predicted octanol–water partition coefficient (Wildman–Crippen LogP) is 5.04. The first kappa shape index (κ1) is 21.5. The Kier molecular flexibility index (Phi) is 6.42. The minimum absolute atomic E-state index is 0.322. The normalized spacial score (nSPS) is 10.6. The maximum absolute atomic E-state index is 5.94. The van der Waals surface area contributed by atoms with Crippen LogP contribution in [-0.2, 0) is 6.61 Å². The highest BCUT2D eigenvalue weighted by Crippen LogP contribution is 2.34. The van der Waals surface area contributed by atoms with Crippen molar-refractivity contribution < 1.29 is 9.47 Å². The number of nitrogens with one attached hydrogen (secondary N) is 2. The number of ether oxygens (including phenoxy) is 2. The molecule has 0 amide bonds. The largest absolute Gasteiger partial charge is 0.493 e. The van der Waals surface area contributed by atoms with E-state index in [-0.39, 0.29) is 0 Å². The molecule has 4 rings (SSSR count). The van der Waals surface area contributed by atoms with Crippen molar-refractivity contribution in [3.05, 3.63) is 77.9 Å². The molecule has 0 saturated carbocycles. The predicted molar refractivity (Wildman–Crippen MR) is 130 cm³/mol. The molecule has 2 aromatic heterocycles. The number of fused-ring (bicyclic) bond motifs is 1. The van der Waals surface area contributed by atoms with Crippen molar-refractivity contribution in [2.45, 2.75) is 20.5 Å². The fourth-order valence-electron chi connectivity index (χ4n) is 3.34. The molecule has 2 N–H and O–H groups in total. The van der Waals surface area contributed by atoms with Crippen LogP contribution in [0, 0.1) is 13.8 Å². The lowest BCUT2D eigenvalue weighted by Gasteiger charge is -2.16. The summed E-state index contributed by atoms with van der Waals surface area (Å²) in [7, 11) is 1.60. The number of anilines is 2. The van der Waals surface area contributed by atoms with E-state index in [0.717, 1.165) is 27.9 Å². The minimum Gasteiger partial charge on any atom is -0.493 e. The van der Waals surface area contributed by atoms with Crippen molar-refractivity contribution in [3.63, 3.8) is 0 Å². The number of rotatable bonds is 6. The lowest BCUT2D eigenvalue weighted by Crippen LogP contribution is -2.21. The van der Waals surface area contributed by atoms with Crippen molar-refractivity contribution in [1.29, 1.82) is 0 Å². The van der Waals surface area contributed by atoms with Gasteiger partial charge in [0.05, 0.1) is 18.3 Å². The third-order valence-corrected chi connectivity index (χ3v) is 5.18. The van der Waals surface area contributed by atoms with Gasteiger partial charge in [-0.3, -0.25) is 4.98 Å². The molecule has 8 heteroatoms. The molecule has 0 spiro atoms. The number of methoxy groups -OCH3 is 1. The molecule has 0 bridgehead atoms. The molecule has 4 aromatic rings. The fraction of sp³-hybridized carbons (Fsp3) is 0.167. The summed E-state index contributed by atoms with van der Waals surface area (Å²) in [6.45, 7) is 4.40. The number of benzene rings is 2. The molecule has 0 aliphatic carbocycles. The van der Waals surface area contributed by atoms with Gasteiger partial charge in [0.1, 0.15) is 18.8 Å². The summed E-state index contributed by atoms with van der Waals surface area (Å²) in [6, 6.07) is 15.4. The van der Waals surface area contributed by atoms with Gasteiger partial charge in [0.25, 0.3) is 0 Å². The highest BCUT2D eigenvalue weighted by atomic mass is 32.1. The van der Waals surface area contributed by atoms with Crippen molar-refractivity contribution >= 4 is 39.7 Å². The van der Waals surface area contributed by atoms with Crippen LogP contribution < -0.4 is 20.1 Å². The Hall–Kier alpha value is -3.78. The van der Waals surface area contributed by atoms with Crippen LogP contribution in [0.2, 0.25) is 0 Å². The van der Waals surface area contributed by atoms with Gasteiger partial charge in [0.15, 0.2) is 16.6 Å². The molecular weight excluding hydrogens is 422 g/mol. The van der Waals surface area contributed by atoms with Gasteiger partial charge in [-0.2, -0.15) is 0 Å². The summed E-state index contributed by atoms with van der Waals surface area (Å²) in [6.07, 6.45) is 3.22. The van der Waals surface area contributed by atoms with E-state index in [1.165, 1.54) is 6.33 Å². The minimum atomic E-state index is 0.322. The molecule has 2 aromatic carbocycles. The van der Waals surface area contributed by atoms with Gasteiger partial charge in [-0.05, 0) is 55.4 Å². The second-order valence-electron chi connectivity index (χ2n) is 7.20. The van der Waals surface area contributed by atoms with Crippen molar-refractivity contribution in [3.8, 4) is 11.5 Å². The quantitative estimate of drug-likeness (QED) is 0.400. The number of pyridine rings is 1. The number of hydrogen-bond acceptors (Lipinski definition) is 6. The van der Waals surface area contributed by atoms with Gasteiger partial charge in [-0.15, -0.1) is 0 Å². The molecule has 0 radical (unpaired) electrons. The SMILES string of the molecule is COc1cc2c(NC(=S)Nc3c(C)cccc3C)ncnc2cc1OCc1ccccn1. The standard InChI is InChI=1S/C24H23N5O2S/c1-15-7-6-8-16(2)22(15)28-24(32)29-23-18-11-20(30-3)21(12-19(18)26-14-27-23)31-13-17-9-4-5-10-25-17/h4-12,14H,13H2,1-3H3,(H2,26,27,28,29,32). The van der Waals surface area contributed by atoms with Gasteiger partial charge in [0.2, 0.25) is 0 Å². The smallest absolute Gasteiger partial charge is 0.176 e. The van der Waals surface area contributed by atoms with E-state index in [9.17, 15) is 0 Å². The van der Waals surface area contributed by atoms with Gasteiger partial charge in [-0.1, -0.05) is 24.3 Å². The average molecular weight is 446 g/mol. The van der Waals surface area contributed by atoms with Gasteiger partial charge < -0.3 is 20.1 Å². The third-order valence-electron chi connectivity index (χ3n) is 4.97. The molecule has 0 unspecified atom stereocenters. The molecule has 32 heavy (non-hydrogen) atoms. The van der Waals surface area contributed by atoms with Crippen molar-refractivity contribution in [2.75, 3.05) is 17.7 Å². The van der Waals surface area contributed by atoms with Crippen molar-refractivity contribution in [2.24, 2.45) is 0 Å². The average Bonchev–Trinajstić information content (AvgIpc) is 2.80. The van der Waals surface area contributed by atoms with Crippen LogP contribution in [0.25, 0.3) is 10.9 Å². The Balaban J connectivity index is 1.58. The number of hydrogen-bond donors (Lipinski definition) is 2. The molecule has 0 atom stereocenters. The zero-order valence-electron chi connectivity index (χ0n) is 18.0. The molecule has 162 valence electrons. The van der Waals surface area contributed by atoms with E-state index >= 15 is 0 Å². The Morgan fingerprint density at radius 2 is 1.75 bits per heavy atom. The van der Waals surface area contributed by atoms with Crippen LogP contribution in [0.3, 0.4) is 0 Å². The number of aromatic nitrogens is 3. The van der Waals surface area contributed by atoms with Gasteiger partial charge in [0, 0.05) is 23.3 Å². The lowest BCUT2D eigenvalue weighted by molar-refractivity contribution is 0.281. The summed E-state index contributed by atoms with van der Waals surface area (Å²) in [5.74, 6) is 1.72. The highest BCUT2D eigenvalue weighted by molar-refractivity contribution is 7.80. The van der Waals surface area contributed by atoms with E-state index in [2.05, 4.69) is 25.6 Å². The molecule has 7 nitrogen and oxygen atoms in total. The molecule has 0 aliphatic rings. The Labute approximate surface area is 191 Å². The van der Waals surface area contributed by atoms with Crippen LogP contribution in [-0.4, -0.2) is 27.2 Å². The lowest BCUT2D eigenvalue weighted by atomic mass is 10.1. The summed E-state index contributed by atoms with van der Waals surface area (Å²) in [5, 5.41) is 7.65. The van der Waals surface area contributed by atoms with E-state index in [4.69, 9.17) is 21.7 Å². The van der Waals surface area contributed by atoms with E-state index in [1.54, 1.807) is 13.3 Å². The number of para-hydroxylation sites is 1. The summed E-state index contributed by atoms with van der Waals surface area (Å²) >= 11 is 5.54. The highest BCUT2D eigenvalue weighted by Gasteiger charge is 2.13. The second-order valence-corrected chi connectivity index (χ2v) is 7.61. The topological polar surface area (TPSA) is 81.2 Å². The van der Waals surface area contributed by atoms with Crippen LogP contribution >= 0.6 is 12.2 Å². The fourth-order valence-corrected chi connectivity index (χ4v) is 3.53. The maximum atomic E-state index is 5.94. The first-order chi connectivity index (χ1) is 15.5. The zero-order valence-corrected chi connectivity index (χ0v) is 18.9. The van der Waals surface area contributed by atoms with Crippen LogP contribution in [0.1, 0.15) is 16.8 Å². The van der Waals surface area contributed by atoms with Crippen LogP contribution in [0.15, 0.2) is 61.1 Å². The Morgan fingerprint density at radius 3 is 2.47 bits per heavy atom. The van der Waals surface area contributed by atoms with E-state index < -0.39 is 0 Å². The summed E-state index contributed by atoms with van der Waals surface area (Å²) in [4.78, 5) is 13.0. The maximum Gasteiger partial charge on any atom is 0.176 e. The summed E-state index contributed by atoms with van der Waals surface area (Å²) < 4.78 is 11.5. The summed E-state index contributed by atoms with van der Waals surface area (Å²) in [5.41, 5.74) is 4.72. The second kappa shape index (κ2) is 9.57. The molecule has 0 aliphatic heterocycles. The van der Waals surface area contributed by atoms with Gasteiger partial charge >= 0.3 is 0 Å². The van der Waals surface area contributed by atoms with Crippen LogP contribution in [0.5, 0.6) is 11.5 Å². The Bertz CT molecular complexity index is 1240. The number of nitrogens with zero attached hydrogens (tertiary/aromatic N) is 3. The van der Waals surface area contributed by atoms with Gasteiger partial charge in [-0.25, -0.2) is 9.97 Å². The van der Waals surface area contributed by atoms with E-state index in [0.29, 0.717) is 34.6 Å². The molecule has 0 saturated heterocycles. The first-order valence-electron chi connectivity index (χ1n) is 10.0. The van der Waals surface area contributed by atoms with E-state index in [1.807, 2.05) is 62.4 Å².